The SMILES string of the molecule is CN1CCC(CNC(C)(C(=O)O)C2CC2)CC1. The minimum Gasteiger partial charge on any atom is -0.480 e. The van der Waals surface area contributed by atoms with Crippen LogP contribution >= 0.6 is 0 Å². The molecule has 1 heterocycles. The molecule has 0 aromatic heterocycles. The van der Waals surface area contributed by atoms with E-state index in [0.29, 0.717) is 11.8 Å². The molecule has 2 rings (SSSR count). The molecule has 2 N–H and O–H groups in total. The fourth-order valence-electron chi connectivity index (χ4n) is 2.68. The quantitative estimate of drug-likeness (QED) is 0.757. The Morgan fingerprint density at radius 3 is 2.41 bits per heavy atom. The Kier molecular flexibility index (Phi) is 3.73. The summed E-state index contributed by atoms with van der Waals surface area (Å²) < 4.78 is 0. The van der Waals surface area contributed by atoms with E-state index < -0.39 is 11.5 Å². The van der Waals surface area contributed by atoms with Gasteiger partial charge in [0.1, 0.15) is 5.54 Å². The molecule has 1 atom stereocenters. The van der Waals surface area contributed by atoms with Gasteiger partial charge in [0, 0.05) is 0 Å². The molecule has 0 radical (unpaired) electrons. The molecule has 0 amide bonds. The number of carboxylic acid groups (broad SMARTS) is 1. The van der Waals surface area contributed by atoms with Crippen LogP contribution in [0.2, 0.25) is 0 Å². The van der Waals surface area contributed by atoms with Gasteiger partial charge in [-0.25, -0.2) is 0 Å². The molecule has 0 bridgehead atoms. The van der Waals surface area contributed by atoms with Crippen molar-refractivity contribution in [1.29, 1.82) is 0 Å². The molecule has 0 aromatic rings. The van der Waals surface area contributed by atoms with Crippen molar-refractivity contribution >= 4 is 5.97 Å². The fraction of sp³-hybridized carbons (Fsp3) is 0.923. The maximum atomic E-state index is 11.4. The molecule has 2 aliphatic rings. The summed E-state index contributed by atoms with van der Waals surface area (Å²) >= 11 is 0. The van der Waals surface area contributed by atoms with E-state index in [1.807, 2.05) is 6.92 Å². The third-order valence-electron chi connectivity index (χ3n) is 4.43. The van der Waals surface area contributed by atoms with Crippen LogP contribution in [0.3, 0.4) is 0 Å². The summed E-state index contributed by atoms with van der Waals surface area (Å²) in [6.07, 6.45) is 4.49. The number of hydrogen-bond donors (Lipinski definition) is 2. The smallest absolute Gasteiger partial charge is 0.323 e. The van der Waals surface area contributed by atoms with Crippen LogP contribution in [0.1, 0.15) is 32.6 Å². The van der Waals surface area contributed by atoms with Crippen molar-refractivity contribution in [2.75, 3.05) is 26.7 Å². The minimum absolute atomic E-state index is 0.339. The number of nitrogens with one attached hydrogen (secondary N) is 1. The molecule has 1 aliphatic heterocycles. The highest BCUT2D eigenvalue weighted by molar-refractivity contribution is 5.79. The van der Waals surface area contributed by atoms with Gasteiger partial charge in [0.25, 0.3) is 0 Å². The monoisotopic (exact) mass is 240 g/mol. The van der Waals surface area contributed by atoms with E-state index in [0.717, 1.165) is 32.5 Å². The molecule has 4 nitrogen and oxygen atoms in total. The predicted molar refractivity (Wildman–Crippen MR) is 67.0 cm³/mol. The van der Waals surface area contributed by atoms with Crippen LogP contribution in [0.4, 0.5) is 0 Å². The number of hydrogen-bond acceptors (Lipinski definition) is 3. The van der Waals surface area contributed by atoms with E-state index >= 15 is 0 Å². The molecular formula is C13H24N2O2. The van der Waals surface area contributed by atoms with Crippen LogP contribution < -0.4 is 5.32 Å². The zero-order chi connectivity index (χ0) is 12.5. The maximum Gasteiger partial charge on any atom is 0.323 e. The first-order valence-electron chi connectivity index (χ1n) is 6.69. The van der Waals surface area contributed by atoms with Gasteiger partial charge in [-0.1, -0.05) is 0 Å². The molecule has 17 heavy (non-hydrogen) atoms. The number of carbonyl (C=O) groups is 1. The molecule has 2 fully saturated rings. The summed E-state index contributed by atoms with van der Waals surface area (Å²) in [5.41, 5.74) is -0.691. The number of piperidine rings is 1. The lowest BCUT2D eigenvalue weighted by Gasteiger charge is -2.33. The minimum atomic E-state index is -0.691. The molecule has 0 aromatic carbocycles. The van der Waals surface area contributed by atoms with Gasteiger partial charge in [-0.05, 0) is 71.1 Å². The lowest BCUT2D eigenvalue weighted by atomic mass is 9.92. The van der Waals surface area contributed by atoms with Crippen molar-refractivity contribution in [1.82, 2.24) is 10.2 Å². The topological polar surface area (TPSA) is 52.6 Å². The highest BCUT2D eigenvalue weighted by Crippen LogP contribution is 2.39. The van der Waals surface area contributed by atoms with Crippen molar-refractivity contribution in [3.63, 3.8) is 0 Å². The second kappa shape index (κ2) is 4.94. The molecule has 4 heteroatoms. The fourth-order valence-corrected chi connectivity index (χ4v) is 2.68. The average molecular weight is 240 g/mol. The molecular weight excluding hydrogens is 216 g/mol. The zero-order valence-corrected chi connectivity index (χ0v) is 10.9. The summed E-state index contributed by atoms with van der Waals surface area (Å²) in [5.74, 6) is 0.294. The Hall–Kier alpha value is -0.610. The summed E-state index contributed by atoms with van der Waals surface area (Å²) in [6, 6.07) is 0. The first-order chi connectivity index (χ1) is 8.02. The molecule has 0 spiro atoms. The van der Waals surface area contributed by atoms with Crippen molar-refractivity contribution in [2.24, 2.45) is 11.8 Å². The summed E-state index contributed by atoms with van der Waals surface area (Å²) in [7, 11) is 2.15. The van der Waals surface area contributed by atoms with E-state index in [4.69, 9.17) is 0 Å². The third-order valence-corrected chi connectivity index (χ3v) is 4.43. The van der Waals surface area contributed by atoms with E-state index in [1.54, 1.807) is 0 Å². The van der Waals surface area contributed by atoms with Gasteiger partial charge in [0.05, 0.1) is 0 Å². The number of nitrogens with zero attached hydrogens (tertiary/aromatic N) is 1. The van der Waals surface area contributed by atoms with Crippen LogP contribution in [0.5, 0.6) is 0 Å². The number of aliphatic carboxylic acids is 1. The largest absolute Gasteiger partial charge is 0.480 e. The van der Waals surface area contributed by atoms with Crippen LogP contribution in [0.15, 0.2) is 0 Å². The Morgan fingerprint density at radius 1 is 1.35 bits per heavy atom. The number of likely N-dealkylation sites (tertiary alicyclic amines) is 1. The highest BCUT2D eigenvalue weighted by Gasteiger charge is 2.47. The van der Waals surface area contributed by atoms with Gasteiger partial charge >= 0.3 is 5.97 Å². The number of rotatable bonds is 5. The van der Waals surface area contributed by atoms with Gasteiger partial charge in [0.15, 0.2) is 0 Å². The van der Waals surface area contributed by atoms with Gasteiger partial charge in [-0.2, -0.15) is 0 Å². The predicted octanol–water partition coefficient (Wildman–Crippen LogP) is 1.17. The summed E-state index contributed by atoms with van der Waals surface area (Å²) in [6.45, 7) is 4.98. The van der Waals surface area contributed by atoms with E-state index in [2.05, 4.69) is 17.3 Å². The Balaban J connectivity index is 1.81. The molecule has 98 valence electrons. The molecule has 1 saturated heterocycles. The Labute approximate surface area is 103 Å². The van der Waals surface area contributed by atoms with Crippen molar-refractivity contribution < 1.29 is 9.90 Å². The van der Waals surface area contributed by atoms with E-state index in [9.17, 15) is 9.90 Å². The lowest BCUT2D eigenvalue weighted by Crippen LogP contribution is -2.53. The van der Waals surface area contributed by atoms with Crippen LogP contribution in [-0.4, -0.2) is 48.2 Å². The third kappa shape index (κ3) is 2.99. The number of carboxylic acids is 1. The lowest BCUT2D eigenvalue weighted by molar-refractivity contribution is -0.145. The van der Waals surface area contributed by atoms with Gasteiger partial charge in [-0.3, -0.25) is 4.79 Å². The average Bonchev–Trinajstić information content (AvgIpc) is 3.11. The van der Waals surface area contributed by atoms with E-state index in [-0.39, 0.29) is 0 Å². The normalized spacial score (nSPS) is 26.7. The summed E-state index contributed by atoms with van der Waals surface area (Å²) in [4.78, 5) is 13.7. The second-order valence-corrected chi connectivity index (χ2v) is 5.91. The van der Waals surface area contributed by atoms with E-state index in [1.165, 1.54) is 12.8 Å². The Bertz CT molecular complexity index is 283. The first-order valence-corrected chi connectivity index (χ1v) is 6.69. The van der Waals surface area contributed by atoms with Crippen molar-refractivity contribution in [3.05, 3.63) is 0 Å². The van der Waals surface area contributed by atoms with Crippen molar-refractivity contribution in [2.45, 2.75) is 38.1 Å². The van der Waals surface area contributed by atoms with Gasteiger partial charge in [-0.15, -0.1) is 0 Å². The summed E-state index contributed by atoms with van der Waals surface area (Å²) in [5, 5.41) is 12.7. The van der Waals surface area contributed by atoms with Crippen LogP contribution in [0.25, 0.3) is 0 Å². The Morgan fingerprint density at radius 2 is 1.94 bits per heavy atom. The standard InChI is InChI=1S/C13H24N2O2/c1-13(12(16)17,11-3-4-11)14-9-10-5-7-15(2)8-6-10/h10-11,14H,3-9H2,1-2H3,(H,16,17). The van der Waals surface area contributed by atoms with Gasteiger partial charge in [0.2, 0.25) is 0 Å². The maximum absolute atomic E-state index is 11.4. The van der Waals surface area contributed by atoms with Crippen LogP contribution in [0, 0.1) is 11.8 Å². The molecule has 1 saturated carbocycles. The van der Waals surface area contributed by atoms with Crippen LogP contribution in [-0.2, 0) is 4.79 Å². The molecule has 1 unspecified atom stereocenters. The van der Waals surface area contributed by atoms with Crippen molar-refractivity contribution in [3.8, 4) is 0 Å². The van der Waals surface area contributed by atoms with Gasteiger partial charge < -0.3 is 15.3 Å². The molecule has 1 aliphatic carbocycles. The first kappa shape index (κ1) is 12.8. The highest BCUT2D eigenvalue weighted by atomic mass is 16.4. The zero-order valence-electron chi connectivity index (χ0n) is 10.9. The second-order valence-electron chi connectivity index (χ2n) is 5.91.